The molecule has 0 heterocycles. The Bertz CT molecular complexity index is 644. The molecule has 2 rings (SSSR count). The summed E-state index contributed by atoms with van der Waals surface area (Å²) in [7, 11) is 0. The largest absolute Gasteiger partial charge is 0.454 e. The molecule has 104 valence electrons. The number of nitrogens with zero attached hydrogens (tertiary/aromatic N) is 1. The van der Waals surface area contributed by atoms with Crippen LogP contribution in [0.4, 0.5) is 10.1 Å². The highest BCUT2D eigenvalue weighted by Crippen LogP contribution is 2.32. The Morgan fingerprint density at radius 1 is 1.30 bits per heavy atom. The highest BCUT2D eigenvalue weighted by atomic mass is 19.1. The molecule has 0 aromatic heterocycles. The van der Waals surface area contributed by atoms with E-state index in [2.05, 4.69) is 0 Å². The third kappa shape index (κ3) is 2.92. The van der Waals surface area contributed by atoms with E-state index >= 15 is 0 Å². The molecule has 1 atom stereocenters. The molecule has 20 heavy (non-hydrogen) atoms. The van der Waals surface area contributed by atoms with E-state index in [-0.39, 0.29) is 17.2 Å². The monoisotopic (exact) mass is 276 g/mol. The summed E-state index contributed by atoms with van der Waals surface area (Å²) < 4.78 is 19.3. The number of hydrogen-bond donors (Lipinski definition) is 1. The van der Waals surface area contributed by atoms with E-state index in [1.807, 2.05) is 0 Å². The fourth-order valence-electron chi connectivity index (χ4n) is 1.77. The maximum atomic E-state index is 13.8. The predicted octanol–water partition coefficient (Wildman–Crippen LogP) is 3.55. The summed E-state index contributed by atoms with van der Waals surface area (Å²) in [5.74, 6) is -0.388. The molecule has 0 bridgehead atoms. The van der Waals surface area contributed by atoms with Gasteiger partial charge < -0.3 is 10.5 Å². The summed E-state index contributed by atoms with van der Waals surface area (Å²) >= 11 is 0. The summed E-state index contributed by atoms with van der Waals surface area (Å²) in [4.78, 5) is 10.2. The lowest BCUT2D eigenvalue weighted by Crippen LogP contribution is -2.07. The molecule has 0 aliphatic heterocycles. The zero-order chi connectivity index (χ0) is 14.7. The van der Waals surface area contributed by atoms with Crippen molar-refractivity contribution >= 4 is 5.69 Å². The lowest BCUT2D eigenvalue weighted by molar-refractivity contribution is -0.384. The molecule has 0 saturated carbocycles. The van der Waals surface area contributed by atoms with E-state index in [1.165, 1.54) is 36.4 Å². The number of rotatable bonds is 4. The van der Waals surface area contributed by atoms with Gasteiger partial charge in [0.1, 0.15) is 5.75 Å². The van der Waals surface area contributed by atoms with Crippen LogP contribution in [0.15, 0.2) is 42.5 Å². The maximum Gasteiger partial charge on any atom is 0.273 e. The first-order valence-electron chi connectivity index (χ1n) is 5.95. The van der Waals surface area contributed by atoms with Crippen LogP contribution in [0, 0.1) is 15.9 Å². The van der Waals surface area contributed by atoms with Gasteiger partial charge in [-0.1, -0.05) is 18.2 Å². The van der Waals surface area contributed by atoms with Crippen molar-refractivity contribution in [2.45, 2.75) is 13.0 Å². The molecule has 5 nitrogen and oxygen atoms in total. The second-order valence-electron chi connectivity index (χ2n) is 4.30. The van der Waals surface area contributed by atoms with Crippen molar-refractivity contribution < 1.29 is 14.1 Å². The molecule has 0 unspecified atom stereocenters. The Labute approximate surface area is 114 Å². The van der Waals surface area contributed by atoms with Gasteiger partial charge in [-0.3, -0.25) is 10.1 Å². The van der Waals surface area contributed by atoms with Crippen molar-refractivity contribution in [3.63, 3.8) is 0 Å². The molecule has 6 heteroatoms. The van der Waals surface area contributed by atoms with Gasteiger partial charge in [-0.25, -0.2) is 4.39 Å². The number of nitro benzene ring substituents is 1. The Balaban J connectivity index is 2.39. The fourth-order valence-corrected chi connectivity index (χ4v) is 1.77. The SMILES string of the molecule is C[C@@H](N)c1cccc(F)c1Oc1cccc([N+](=O)[O-])c1. The Hall–Kier alpha value is -2.47. The lowest BCUT2D eigenvalue weighted by atomic mass is 10.1. The minimum atomic E-state index is -0.564. The lowest BCUT2D eigenvalue weighted by Gasteiger charge is -2.14. The quantitative estimate of drug-likeness (QED) is 0.684. The van der Waals surface area contributed by atoms with E-state index in [0.717, 1.165) is 0 Å². The molecule has 0 saturated heterocycles. The minimum absolute atomic E-state index is 0.0111. The van der Waals surface area contributed by atoms with Crippen LogP contribution in [0.3, 0.4) is 0 Å². The average Bonchev–Trinajstić information content (AvgIpc) is 2.41. The first-order chi connectivity index (χ1) is 9.49. The van der Waals surface area contributed by atoms with Crippen molar-refractivity contribution in [3.05, 3.63) is 64.0 Å². The van der Waals surface area contributed by atoms with Gasteiger partial charge in [-0.05, 0) is 19.1 Å². The second-order valence-corrected chi connectivity index (χ2v) is 4.30. The first kappa shape index (κ1) is 14.0. The fraction of sp³-hybridized carbons (Fsp3) is 0.143. The number of hydrogen-bond acceptors (Lipinski definition) is 4. The molecule has 0 spiro atoms. The zero-order valence-corrected chi connectivity index (χ0v) is 10.7. The standard InChI is InChI=1S/C14H13FN2O3/c1-9(16)12-6-3-7-13(15)14(12)20-11-5-2-4-10(8-11)17(18)19/h2-9H,16H2,1H3/t9-/m1/s1. The van der Waals surface area contributed by atoms with Gasteiger partial charge in [0.2, 0.25) is 0 Å². The highest BCUT2D eigenvalue weighted by Gasteiger charge is 2.15. The molecular formula is C14H13FN2O3. The molecule has 2 N–H and O–H groups in total. The van der Waals surface area contributed by atoms with Crippen molar-refractivity contribution in [1.82, 2.24) is 0 Å². The Morgan fingerprint density at radius 2 is 2.00 bits per heavy atom. The number of benzene rings is 2. The predicted molar refractivity (Wildman–Crippen MR) is 72.2 cm³/mol. The van der Waals surface area contributed by atoms with Crippen molar-refractivity contribution in [3.8, 4) is 11.5 Å². The number of nitrogens with two attached hydrogens (primary N) is 1. The number of nitro groups is 1. The molecule has 0 aliphatic carbocycles. The van der Waals surface area contributed by atoms with E-state index in [9.17, 15) is 14.5 Å². The summed E-state index contributed by atoms with van der Waals surface area (Å²) in [6.07, 6.45) is 0. The molecule has 2 aromatic carbocycles. The first-order valence-corrected chi connectivity index (χ1v) is 5.95. The average molecular weight is 276 g/mol. The van der Waals surface area contributed by atoms with Gasteiger partial charge in [0.15, 0.2) is 11.6 Å². The van der Waals surface area contributed by atoms with Crippen molar-refractivity contribution in [1.29, 1.82) is 0 Å². The van der Waals surface area contributed by atoms with Gasteiger partial charge >= 0.3 is 0 Å². The molecule has 0 radical (unpaired) electrons. The number of ether oxygens (including phenoxy) is 1. The normalized spacial score (nSPS) is 11.9. The van der Waals surface area contributed by atoms with Crippen LogP contribution in [-0.4, -0.2) is 4.92 Å². The van der Waals surface area contributed by atoms with Crippen LogP contribution in [0.5, 0.6) is 11.5 Å². The van der Waals surface area contributed by atoms with Crippen LogP contribution in [0.2, 0.25) is 0 Å². The van der Waals surface area contributed by atoms with Crippen molar-refractivity contribution in [2.75, 3.05) is 0 Å². The summed E-state index contributed by atoms with van der Waals surface area (Å²) in [5.41, 5.74) is 6.13. The minimum Gasteiger partial charge on any atom is -0.454 e. The summed E-state index contributed by atoms with van der Waals surface area (Å²) in [5, 5.41) is 10.7. The smallest absolute Gasteiger partial charge is 0.273 e. The Morgan fingerprint density at radius 3 is 2.65 bits per heavy atom. The van der Waals surface area contributed by atoms with Crippen LogP contribution in [-0.2, 0) is 0 Å². The highest BCUT2D eigenvalue weighted by molar-refractivity contribution is 5.44. The second kappa shape index (κ2) is 5.66. The van der Waals surface area contributed by atoms with Gasteiger partial charge in [0, 0.05) is 17.7 Å². The topological polar surface area (TPSA) is 78.4 Å². The van der Waals surface area contributed by atoms with Crippen molar-refractivity contribution in [2.24, 2.45) is 5.73 Å². The molecule has 0 fully saturated rings. The van der Waals surface area contributed by atoms with Gasteiger partial charge in [-0.15, -0.1) is 0 Å². The summed E-state index contributed by atoms with van der Waals surface area (Å²) in [6, 6.07) is 9.58. The molecule has 0 aliphatic rings. The molecule has 0 amide bonds. The van der Waals surface area contributed by atoms with Gasteiger partial charge in [-0.2, -0.15) is 0 Å². The van der Waals surface area contributed by atoms with Crippen LogP contribution < -0.4 is 10.5 Å². The number of halogens is 1. The van der Waals surface area contributed by atoms with E-state index in [0.29, 0.717) is 5.56 Å². The van der Waals surface area contributed by atoms with E-state index in [1.54, 1.807) is 13.0 Å². The van der Waals surface area contributed by atoms with Gasteiger partial charge in [0.25, 0.3) is 5.69 Å². The van der Waals surface area contributed by atoms with Crippen LogP contribution >= 0.6 is 0 Å². The van der Waals surface area contributed by atoms with E-state index in [4.69, 9.17) is 10.5 Å². The number of para-hydroxylation sites is 1. The van der Waals surface area contributed by atoms with E-state index < -0.39 is 16.8 Å². The molecular weight excluding hydrogens is 263 g/mol. The zero-order valence-electron chi connectivity index (χ0n) is 10.7. The third-order valence-electron chi connectivity index (χ3n) is 2.74. The summed E-state index contributed by atoms with van der Waals surface area (Å²) in [6.45, 7) is 1.70. The van der Waals surface area contributed by atoms with Crippen LogP contribution in [0.25, 0.3) is 0 Å². The maximum absolute atomic E-state index is 13.8. The van der Waals surface area contributed by atoms with Gasteiger partial charge in [0.05, 0.1) is 11.0 Å². The third-order valence-corrected chi connectivity index (χ3v) is 2.74. The van der Waals surface area contributed by atoms with Crippen LogP contribution in [0.1, 0.15) is 18.5 Å². The molecule has 2 aromatic rings. The Kier molecular flexibility index (Phi) is 3.95. The number of non-ortho nitro benzene ring substituents is 1.